The van der Waals surface area contributed by atoms with Crippen LogP contribution in [0.1, 0.15) is 122 Å². The Balaban J connectivity index is 3.62. The minimum Gasteiger partial charge on any atom is -0.481 e. The lowest BCUT2D eigenvalue weighted by molar-refractivity contribution is -0.909. The molecule has 0 radical (unpaired) electrons. The third-order valence-electron chi connectivity index (χ3n) is 7.34. The third-order valence-corrected chi connectivity index (χ3v) is 7.34. The zero-order chi connectivity index (χ0) is 26.4. The van der Waals surface area contributed by atoms with Crippen LogP contribution in [-0.2, 0) is 9.59 Å². The lowest BCUT2D eigenvalue weighted by atomic mass is 10.1. The Morgan fingerprint density at radius 3 is 0.914 bits per heavy atom. The predicted molar refractivity (Wildman–Crippen MR) is 147 cm³/mol. The molecule has 208 valence electrons. The molecule has 2 N–H and O–H groups in total. The molecule has 0 heterocycles. The maximum absolute atomic E-state index is 10.5. The molecule has 6 nitrogen and oxygen atoms in total. The van der Waals surface area contributed by atoms with Crippen molar-refractivity contribution in [3.8, 4) is 0 Å². The predicted octanol–water partition coefficient (Wildman–Crippen LogP) is 6.72. The average Bonchev–Trinajstić information content (AvgIpc) is 2.75. The van der Waals surface area contributed by atoms with Gasteiger partial charge in [0.05, 0.1) is 54.4 Å². The summed E-state index contributed by atoms with van der Waals surface area (Å²) >= 11 is 0. The summed E-state index contributed by atoms with van der Waals surface area (Å²) in [4.78, 5) is 21.0. The molecule has 0 aliphatic heterocycles. The molecule has 0 aromatic carbocycles. The fourth-order valence-electron chi connectivity index (χ4n) is 4.90. The van der Waals surface area contributed by atoms with E-state index in [9.17, 15) is 9.59 Å². The second-order valence-corrected chi connectivity index (χ2v) is 12.1. The van der Waals surface area contributed by atoms with Crippen LogP contribution in [0.3, 0.4) is 0 Å². The van der Waals surface area contributed by atoms with Crippen molar-refractivity contribution < 1.29 is 28.8 Å². The van der Waals surface area contributed by atoms with Gasteiger partial charge in [0.1, 0.15) is 0 Å². The largest absolute Gasteiger partial charge is 0.481 e. The molecule has 0 aromatic rings. The highest BCUT2D eigenvalue weighted by Crippen LogP contribution is 2.14. The first-order valence-corrected chi connectivity index (χ1v) is 14.6. The molecular weight excluding hydrogens is 440 g/mol. The maximum atomic E-state index is 10.5. The molecule has 0 fully saturated rings. The van der Waals surface area contributed by atoms with Crippen LogP contribution in [0, 0.1) is 0 Å². The Labute approximate surface area is 217 Å². The summed E-state index contributed by atoms with van der Waals surface area (Å²) < 4.78 is 2.25. The summed E-state index contributed by atoms with van der Waals surface area (Å²) in [6, 6.07) is 0. The van der Waals surface area contributed by atoms with Crippen LogP contribution >= 0.6 is 0 Å². The van der Waals surface area contributed by atoms with Gasteiger partial charge in [-0.3, -0.25) is 9.59 Å². The Bertz CT molecular complexity index is 489. The molecule has 6 heteroatoms. The number of quaternary nitrogens is 2. The minimum atomic E-state index is -0.667. The van der Waals surface area contributed by atoms with Gasteiger partial charge in [-0.2, -0.15) is 0 Å². The Morgan fingerprint density at radius 2 is 0.629 bits per heavy atom. The summed E-state index contributed by atoms with van der Waals surface area (Å²) in [5, 5.41) is 17.3. The van der Waals surface area contributed by atoms with Crippen LogP contribution in [0.2, 0.25) is 0 Å². The molecule has 0 saturated heterocycles. The first kappa shape index (κ1) is 33.9. The van der Waals surface area contributed by atoms with E-state index >= 15 is 0 Å². The van der Waals surface area contributed by atoms with Gasteiger partial charge >= 0.3 is 11.9 Å². The summed E-state index contributed by atoms with van der Waals surface area (Å²) in [7, 11) is 9.52. The van der Waals surface area contributed by atoms with Crippen molar-refractivity contribution in [1.82, 2.24) is 0 Å². The van der Waals surface area contributed by atoms with Crippen LogP contribution in [0.4, 0.5) is 0 Å². The van der Waals surface area contributed by atoms with Gasteiger partial charge in [0.2, 0.25) is 0 Å². The fraction of sp³-hybridized carbons (Fsp3) is 0.931. The van der Waals surface area contributed by atoms with E-state index < -0.39 is 11.9 Å². The Morgan fingerprint density at radius 1 is 0.400 bits per heavy atom. The lowest BCUT2D eigenvalue weighted by Gasteiger charge is -2.33. The van der Waals surface area contributed by atoms with Crippen molar-refractivity contribution >= 4 is 11.9 Å². The molecule has 0 bridgehead atoms. The average molecular weight is 501 g/mol. The summed E-state index contributed by atoms with van der Waals surface area (Å²) in [6.45, 7) is 5.05. The van der Waals surface area contributed by atoms with E-state index in [2.05, 4.69) is 28.2 Å². The Hall–Kier alpha value is -1.14. The van der Waals surface area contributed by atoms with Crippen molar-refractivity contribution in [3.63, 3.8) is 0 Å². The molecule has 0 aliphatic carbocycles. The van der Waals surface area contributed by atoms with Gasteiger partial charge in [-0.05, 0) is 38.5 Å². The van der Waals surface area contributed by atoms with Gasteiger partial charge in [-0.25, -0.2) is 0 Å². The van der Waals surface area contributed by atoms with Gasteiger partial charge in [0.25, 0.3) is 0 Å². The number of hydrogen-bond acceptors (Lipinski definition) is 2. The van der Waals surface area contributed by atoms with Gasteiger partial charge in [-0.1, -0.05) is 64.2 Å². The molecule has 0 atom stereocenters. The molecule has 0 rings (SSSR count). The van der Waals surface area contributed by atoms with E-state index in [1.165, 1.54) is 110 Å². The molecule has 0 spiro atoms. The monoisotopic (exact) mass is 500 g/mol. The lowest BCUT2D eigenvalue weighted by Crippen LogP contribution is -2.46. The molecule has 0 aliphatic rings. The second-order valence-electron chi connectivity index (χ2n) is 12.1. The number of hydrogen-bond donors (Lipinski definition) is 2. The molecule has 35 heavy (non-hydrogen) atoms. The number of rotatable bonds is 26. The number of unbranched alkanes of at least 4 members (excludes halogenated alkanes) is 14. The first-order valence-electron chi connectivity index (χ1n) is 14.6. The standard InChI is InChI=1S/C29H58N2O4/c1-30(2,24-19-15-11-7-5-9-13-17-22-28(32)33)26-21-27-31(3,4)25-20-16-12-8-6-10-14-18-23-29(34)35/h5-27H2,1-4H3/p+2. The SMILES string of the molecule is C[N+](C)(CCCCCCCCCCC(=O)O)CCC[N+](C)(C)CCCCCCCCCCC(=O)O. The van der Waals surface area contributed by atoms with Crippen molar-refractivity contribution in [2.24, 2.45) is 0 Å². The van der Waals surface area contributed by atoms with Crippen LogP contribution in [0.15, 0.2) is 0 Å². The fourth-order valence-corrected chi connectivity index (χ4v) is 4.90. The van der Waals surface area contributed by atoms with E-state index in [1.54, 1.807) is 0 Å². The number of aliphatic carboxylic acids is 2. The summed E-state index contributed by atoms with van der Waals surface area (Å²) in [6.07, 6.45) is 21.0. The Kier molecular flexibility index (Phi) is 20.3. The van der Waals surface area contributed by atoms with Gasteiger partial charge in [0.15, 0.2) is 0 Å². The number of carboxylic acid groups (broad SMARTS) is 2. The molecule has 0 saturated carbocycles. The summed E-state index contributed by atoms with van der Waals surface area (Å²) in [5.74, 6) is -1.33. The van der Waals surface area contributed by atoms with Gasteiger partial charge in [0, 0.05) is 19.3 Å². The van der Waals surface area contributed by atoms with Crippen LogP contribution in [-0.4, -0.2) is 85.5 Å². The van der Waals surface area contributed by atoms with E-state index in [4.69, 9.17) is 10.2 Å². The van der Waals surface area contributed by atoms with Crippen LogP contribution in [0.5, 0.6) is 0 Å². The zero-order valence-electron chi connectivity index (χ0n) is 23.9. The topological polar surface area (TPSA) is 74.6 Å². The first-order chi connectivity index (χ1) is 16.5. The van der Waals surface area contributed by atoms with Crippen molar-refractivity contribution in [2.45, 2.75) is 122 Å². The third kappa shape index (κ3) is 25.8. The normalized spacial score (nSPS) is 12.2. The summed E-state index contributed by atoms with van der Waals surface area (Å²) in [5.41, 5.74) is 0. The van der Waals surface area contributed by atoms with Gasteiger partial charge < -0.3 is 19.2 Å². The second kappa shape index (κ2) is 21.0. The highest BCUT2D eigenvalue weighted by molar-refractivity contribution is 5.66. The maximum Gasteiger partial charge on any atom is 0.303 e. The van der Waals surface area contributed by atoms with Crippen molar-refractivity contribution in [1.29, 1.82) is 0 Å². The quantitative estimate of drug-likeness (QED) is 0.102. The van der Waals surface area contributed by atoms with Crippen molar-refractivity contribution in [3.05, 3.63) is 0 Å². The minimum absolute atomic E-state index is 0.322. The highest BCUT2D eigenvalue weighted by Gasteiger charge is 2.19. The van der Waals surface area contributed by atoms with Crippen LogP contribution in [0.25, 0.3) is 0 Å². The number of carboxylic acids is 2. The number of nitrogens with zero attached hydrogens (tertiary/aromatic N) is 2. The smallest absolute Gasteiger partial charge is 0.303 e. The van der Waals surface area contributed by atoms with E-state index in [-0.39, 0.29) is 0 Å². The number of carbonyl (C=O) groups is 2. The van der Waals surface area contributed by atoms with E-state index in [1.807, 2.05) is 0 Å². The van der Waals surface area contributed by atoms with Crippen molar-refractivity contribution in [2.75, 3.05) is 54.4 Å². The zero-order valence-corrected chi connectivity index (χ0v) is 23.9. The molecular formula is C29H60N2O4+2. The van der Waals surface area contributed by atoms with E-state index in [0.717, 1.165) is 34.6 Å². The molecule has 0 unspecified atom stereocenters. The highest BCUT2D eigenvalue weighted by atomic mass is 16.4. The van der Waals surface area contributed by atoms with Gasteiger partial charge in [-0.15, -0.1) is 0 Å². The molecule has 0 amide bonds. The molecule has 0 aromatic heterocycles. The van der Waals surface area contributed by atoms with Crippen LogP contribution < -0.4 is 0 Å². The van der Waals surface area contributed by atoms with E-state index in [0.29, 0.717) is 12.8 Å².